The van der Waals surface area contributed by atoms with Crippen LogP contribution in [0.15, 0.2) is 42.7 Å². The predicted octanol–water partition coefficient (Wildman–Crippen LogP) is 1.92. The number of carboxylic acid groups (broad SMARTS) is 1. The minimum absolute atomic E-state index is 0.0863. The number of aliphatic carboxylic acids is 1. The number of aromatic nitrogens is 2. The number of H-pyrrole nitrogens is 1. The van der Waals surface area contributed by atoms with E-state index in [-0.39, 0.29) is 13.0 Å². The number of rotatable bonds is 5. The zero-order valence-corrected chi connectivity index (χ0v) is 10.6. The minimum atomic E-state index is -0.956. The van der Waals surface area contributed by atoms with Gasteiger partial charge in [0.05, 0.1) is 18.3 Å². The molecule has 2 rings (SSSR count). The number of carboxylic acids is 1. The maximum Gasteiger partial charge on any atom is 0.326 e. The highest BCUT2D eigenvalue weighted by molar-refractivity contribution is 6.01. The molecule has 7 heteroatoms. The summed E-state index contributed by atoms with van der Waals surface area (Å²) in [4.78, 5) is 24.3. The molecule has 0 saturated heterocycles. The molecule has 0 bridgehead atoms. The third-order valence-electron chi connectivity index (χ3n) is 2.61. The van der Waals surface area contributed by atoms with Crippen LogP contribution < -0.4 is 10.2 Å². The van der Waals surface area contributed by atoms with Gasteiger partial charge in [0.15, 0.2) is 0 Å². The van der Waals surface area contributed by atoms with E-state index in [4.69, 9.17) is 5.11 Å². The number of carbonyl (C=O) groups is 2. The third-order valence-corrected chi connectivity index (χ3v) is 2.61. The van der Waals surface area contributed by atoms with Gasteiger partial charge in [0.1, 0.15) is 0 Å². The standard InChI is InChI=1S/C13H14N4O3/c18-12(19)6-7-17(11-4-2-1-3-5-11)13(20)16-10-8-14-15-9-10/h1-5,8-9H,6-7H2,(H,14,15)(H,16,20)(H,18,19). The van der Waals surface area contributed by atoms with E-state index < -0.39 is 12.0 Å². The van der Waals surface area contributed by atoms with Crippen LogP contribution in [0.25, 0.3) is 0 Å². The summed E-state index contributed by atoms with van der Waals surface area (Å²) in [7, 11) is 0. The summed E-state index contributed by atoms with van der Waals surface area (Å²) in [6.07, 6.45) is 2.88. The van der Waals surface area contributed by atoms with Crippen molar-refractivity contribution < 1.29 is 14.7 Å². The third kappa shape index (κ3) is 3.58. The lowest BCUT2D eigenvalue weighted by Crippen LogP contribution is -2.36. The molecule has 0 fully saturated rings. The highest BCUT2D eigenvalue weighted by Gasteiger charge is 2.17. The fourth-order valence-electron chi connectivity index (χ4n) is 1.67. The Bertz CT molecular complexity index is 569. The largest absolute Gasteiger partial charge is 0.481 e. The van der Waals surface area contributed by atoms with Gasteiger partial charge in [-0.2, -0.15) is 5.10 Å². The molecule has 1 aromatic heterocycles. The predicted molar refractivity (Wildman–Crippen MR) is 73.6 cm³/mol. The summed E-state index contributed by atoms with van der Waals surface area (Å²) in [6.45, 7) is 0.0863. The summed E-state index contributed by atoms with van der Waals surface area (Å²) in [5, 5.41) is 17.7. The van der Waals surface area contributed by atoms with Crippen molar-refractivity contribution in [2.24, 2.45) is 0 Å². The van der Waals surface area contributed by atoms with Gasteiger partial charge in [-0.15, -0.1) is 0 Å². The molecule has 0 radical (unpaired) electrons. The van der Waals surface area contributed by atoms with E-state index in [9.17, 15) is 9.59 Å². The van der Waals surface area contributed by atoms with Gasteiger partial charge in [-0.05, 0) is 12.1 Å². The Kier molecular flexibility index (Phi) is 4.33. The smallest absolute Gasteiger partial charge is 0.326 e. The van der Waals surface area contributed by atoms with Gasteiger partial charge >= 0.3 is 12.0 Å². The minimum Gasteiger partial charge on any atom is -0.481 e. The number of hydrogen-bond donors (Lipinski definition) is 3. The molecule has 0 aliphatic rings. The Morgan fingerprint density at radius 2 is 2.05 bits per heavy atom. The molecule has 1 heterocycles. The van der Waals surface area contributed by atoms with Crippen LogP contribution in [0.4, 0.5) is 16.2 Å². The summed E-state index contributed by atoms with van der Waals surface area (Å²) in [5.41, 5.74) is 1.15. The lowest BCUT2D eigenvalue weighted by molar-refractivity contribution is -0.136. The number of anilines is 2. The van der Waals surface area contributed by atoms with Crippen LogP contribution in [-0.4, -0.2) is 33.8 Å². The van der Waals surface area contributed by atoms with Gasteiger partial charge in [0.25, 0.3) is 0 Å². The van der Waals surface area contributed by atoms with E-state index in [0.717, 1.165) is 0 Å². The average molecular weight is 274 g/mol. The normalized spacial score (nSPS) is 10.0. The summed E-state index contributed by atoms with van der Waals surface area (Å²) >= 11 is 0. The number of carbonyl (C=O) groups excluding carboxylic acids is 1. The van der Waals surface area contributed by atoms with Gasteiger partial charge < -0.3 is 10.4 Å². The molecule has 0 unspecified atom stereocenters. The van der Waals surface area contributed by atoms with Crippen LogP contribution in [-0.2, 0) is 4.79 Å². The van der Waals surface area contributed by atoms with Gasteiger partial charge in [-0.1, -0.05) is 18.2 Å². The Labute approximate surface area is 115 Å². The molecular weight excluding hydrogens is 260 g/mol. The topological polar surface area (TPSA) is 98.3 Å². The van der Waals surface area contributed by atoms with E-state index in [1.165, 1.54) is 17.3 Å². The molecule has 0 spiro atoms. The monoisotopic (exact) mass is 274 g/mol. The van der Waals surface area contributed by atoms with Crippen molar-refractivity contribution in [1.82, 2.24) is 10.2 Å². The molecule has 2 amide bonds. The average Bonchev–Trinajstić information content (AvgIpc) is 2.92. The highest BCUT2D eigenvalue weighted by Crippen LogP contribution is 2.15. The number of nitrogens with zero attached hydrogens (tertiary/aromatic N) is 2. The van der Waals surface area contributed by atoms with Crippen LogP contribution >= 0.6 is 0 Å². The molecule has 1 aromatic carbocycles. The van der Waals surface area contributed by atoms with Gasteiger partial charge in [-0.25, -0.2) is 4.79 Å². The zero-order valence-electron chi connectivity index (χ0n) is 10.6. The van der Waals surface area contributed by atoms with E-state index in [1.807, 2.05) is 6.07 Å². The summed E-state index contributed by atoms with van der Waals surface area (Å²) < 4.78 is 0. The molecular formula is C13H14N4O3. The molecule has 0 aliphatic carbocycles. The Morgan fingerprint density at radius 3 is 2.65 bits per heavy atom. The maximum absolute atomic E-state index is 12.2. The van der Waals surface area contributed by atoms with E-state index >= 15 is 0 Å². The quantitative estimate of drug-likeness (QED) is 0.775. The zero-order chi connectivity index (χ0) is 14.4. The maximum atomic E-state index is 12.2. The second kappa shape index (κ2) is 6.37. The lowest BCUT2D eigenvalue weighted by atomic mass is 10.2. The molecule has 7 nitrogen and oxygen atoms in total. The number of benzene rings is 1. The number of para-hydroxylation sites is 1. The fraction of sp³-hybridized carbons (Fsp3) is 0.154. The molecule has 104 valence electrons. The second-order valence-corrected chi connectivity index (χ2v) is 4.05. The first-order valence-electron chi connectivity index (χ1n) is 6.01. The molecule has 0 saturated carbocycles. The first kappa shape index (κ1) is 13.6. The van der Waals surface area contributed by atoms with Crippen LogP contribution in [0, 0.1) is 0 Å². The van der Waals surface area contributed by atoms with Gasteiger partial charge in [0, 0.05) is 18.4 Å². The first-order chi connectivity index (χ1) is 9.66. The lowest BCUT2D eigenvalue weighted by Gasteiger charge is -2.22. The fourth-order valence-corrected chi connectivity index (χ4v) is 1.67. The van der Waals surface area contributed by atoms with Crippen LogP contribution in [0.5, 0.6) is 0 Å². The van der Waals surface area contributed by atoms with Crippen molar-refractivity contribution in [3.63, 3.8) is 0 Å². The van der Waals surface area contributed by atoms with E-state index in [0.29, 0.717) is 11.4 Å². The molecule has 2 aromatic rings. The SMILES string of the molecule is O=C(O)CCN(C(=O)Nc1cn[nH]c1)c1ccccc1. The number of aromatic amines is 1. The Morgan fingerprint density at radius 1 is 1.30 bits per heavy atom. The Balaban J connectivity index is 2.13. The van der Waals surface area contributed by atoms with Crippen molar-refractivity contribution >= 4 is 23.4 Å². The molecule has 3 N–H and O–H groups in total. The van der Waals surface area contributed by atoms with Crippen molar-refractivity contribution in [2.45, 2.75) is 6.42 Å². The van der Waals surface area contributed by atoms with Crippen LogP contribution in [0.1, 0.15) is 6.42 Å². The number of nitrogens with one attached hydrogen (secondary N) is 2. The Hall–Kier alpha value is -2.83. The number of urea groups is 1. The summed E-state index contributed by atoms with van der Waals surface area (Å²) in [5.74, 6) is -0.956. The molecule has 20 heavy (non-hydrogen) atoms. The second-order valence-electron chi connectivity index (χ2n) is 4.05. The van der Waals surface area contributed by atoms with E-state index in [1.54, 1.807) is 24.3 Å². The van der Waals surface area contributed by atoms with Crippen LogP contribution in [0.2, 0.25) is 0 Å². The van der Waals surface area contributed by atoms with E-state index in [2.05, 4.69) is 15.5 Å². The van der Waals surface area contributed by atoms with Crippen molar-refractivity contribution in [3.05, 3.63) is 42.7 Å². The molecule has 0 aliphatic heterocycles. The highest BCUT2D eigenvalue weighted by atomic mass is 16.4. The van der Waals surface area contributed by atoms with Crippen molar-refractivity contribution in [3.8, 4) is 0 Å². The van der Waals surface area contributed by atoms with Crippen molar-refractivity contribution in [2.75, 3.05) is 16.8 Å². The van der Waals surface area contributed by atoms with Gasteiger partial charge in [0.2, 0.25) is 0 Å². The summed E-state index contributed by atoms with van der Waals surface area (Å²) in [6, 6.07) is 8.49. The number of amides is 2. The molecule has 0 atom stereocenters. The first-order valence-corrected chi connectivity index (χ1v) is 6.01. The van der Waals surface area contributed by atoms with Gasteiger partial charge in [-0.3, -0.25) is 14.8 Å². The number of hydrogen-bond acceptors (Lipinski definition) is 3. The van der Waals surface area contributed by atoms with Crippen LogP contribution in [0.3, 0.4) is 0 Å². The van der Waals surface area contributed by atoms with Crippen molar-refractivity contribution in [1.29, 1.82) is 0 Å².